The second kappa shape index (κ2) is 15.2. The lowest BCUT2D eigenvalue weighted by Gasteiger charge is -2.23. The van der Waals surface area contributed by atoms with Crippen LogP contribution in [0.25, 0.3) is 5.76 Å². The molecule has 4 aromatic rings. The van der Waals surface area contributed by atoms with Crippen LogP contribution in [0.5, 0.6) is 17.2 Å². The normalized spacial score (nSPS) is 15.7. The number of carbonyl (C=O) groups excluding carboxylic acids is 2. The molecule has 1 aliphatic heterocycles. The van der Waals surface area contributed by atoms with Gasteiger partial charge in [0.05, 0.1) is 31.4 Å². The average molecular weight is 664 g/mol. The molecular weight excluding hydrogens is 630 g/mol. The molecule has 1 atom stereocenters. The Balaban J connectivity index is 1.57. The van der Waals surface area contributed by atoms with Crippen molar-refractivity contribution < 1.29 is 33.3 Å². The maximum atomic E-state index is 14.2. The minimum Gasteiger partial charge on any atom is -0.507 e. The van der Waals surface area contributed by atoms with E-state index >= 15 is 0 Å². The highest BCUT2D eigenvalue weighted by Gasteiger charge is 2.48. The number of thioether (sulfide) groups is 1. The summed E-state index contributed by atoms with van der Waals surface area (Å²) in [5.41, 5.74) is 1.25. The summed E-state index contributed by atoms with van der Waals surface area (Å²) in [7, 11) is 0. The summed E-state index contributed by atoms with van der Waals surface area (Å²) in [5, 5.41) is 20.2. The van der Waals surface area contributed by atoms with Gasteiger partial charge in [0.1, 0.15) is 17.3 Å². The van der Waals surface area contributed by atoms with Crippen LogP contribution in [0.15, 0.2) is 76.6 Å². The van der Waals surface area contributed by atoms with Crippen LogP contribution < -0.4 is 19.1 Å². The molecule has 1 fully saturated rings. The number of aromatic nitrogens is 2. The molecular formula is C34H34FN3O6S2. The number of halogens is 1. The maximum absolute atomic E-state index is 14.2. The van der Waals surface area contributed by atoms with E-state index in [0.29, 0.717) is 63.9 Å². The number of rotatable bonds is 14. The minimum atomic E-state index is -1.05. The van der Waals surface area contributed by atoms with Gasteiger partial charge in [-0.25, -0.2) is 4.39 Å². The highest BCUT2D eigenvalue weighted by Crippen LogP contribution is 2.46. The summed E-state index contributed by atoms with van der Waals surface area (Å²) in [6, 6.07) is 17.2. The van der Waals surface area contributed by atoms with E-state index < -0.39 is 17.7 Å². The zero-order valence-electron chi connectivity index (χ0n) is 25.7. The van der Waals surface area contributed by atoms with Gasteiger partial charge in [-0.1, -0.05) is 60.7 Å². The molecule has 1 aromatic heterocycles. The quantitative estimate of drug-likeness (QED) is 0.0365. The maximum Gasteiger partial charge on any atom is 0.301 e. The number of aliphatic hydroxyl groups is 1. The fourth-order valence-electron chi connectivity index (χ4n) is 4.90. The molecule has 0 bridgehead atoms. The molecule has 46 heavy (non-hydrogen) atoms. The molecule has 1 unspecified atom stereocenters. The first-order valence-electron chi connectivity index (χ1n) is 15.0. The Morgan fingerprint density at radius 3 is 2.43 bits per heavy atom. The Bertz CT molecular complexity index is 1730. The van der Waals surface area contributed by atoms with E-state index in [1.54, 1.807) is 60.7 Å². The minimum absolute atomic E-state index is 0.105. The third-order valence-corrected chi connectivity index (χ3v) is 9.24. The van der Waals surface area contributed by atoms with Crippen molar-refractivity contribution in [3.05, 3.63) is 94.8 Å². The van der Waals surface area contributed by atoms with E-state index in [0.717, 1.165) is 24.2 Å². The number of ketones is 1. The largest absolute Gasteiger partial charge is 0.507 e. The second-order valence-corrected chi connectivity index (χ2v) is 12.4. The lowest BCUT2D eigenvalue weighted by molar-refractivity contribution is -0.132. The molecule has 3 aromatic carbocycles. The number of aliphatic hydroxyl groups excluding tert-OH is 1. The Labute approximate surface area is 275 Å². The molecule has 5 rings (SSSR count). The van der Waals surface area contributed by atoms with Crippen molar-refractivity contribution >= 4 is 45.7 Å². The van der Waals surface area contributed by atoms with E-state index in [1.165, 1.54) is 22.7 Å². The fraction of sp³-hybridized carbons (Fsp3) is 0.294. The van der Waals surface area contributed by atoms with E-state index in [2.05, 4.69) is 17.1 Å². The smallest absolute Gasteiger partial charge is 0.301 e. The molecule has 0 radical (unpaired) electrons. The van der Waals surface area contributed by atoms with Gasteiger partial charge in [0.15, 0.2) is 15.8 Å². The van der Waals surface area contributed by atoms with Crippen LogP contribution >= 0.6 is 23.1 Å². The van der Waals surface area contributed by atoms with Gasteiger partial charge in [-0.15, -0.1) is 10.2 Å². The standard InChI is InChI=1S/C34H34FN3O6S2/c1-4-7-18-44-26-17-14-22(19-27(26)43-6-3)29-28(30(39)21-12-15-24(16-13-21)42-5-2)31(40)32(41)38(29)33-36-37-34(46-33)45-20-23-10-8-9-11-25(23)35/h8-17,19,29,39H,4-7,18,20H2,1-3H3. The van der Waals surface area contributed by atoms with Crippen LogP contribution in [0.2, 0.25) is 0 Å². The molecule has 12 heteroatoms. The van der Waals surface area contributed by atoms with Crippen molar-refractivity contribution in [2.24, 2.45) is 0 Å². The Hall–Kier alpha value is -4.42. The predicted molar refractivity (Wildman–Crippen MR) is 176 cm³/mol. The van der Waals surface area contributed by atoms with Gasteiger partial charge in [0.25, 0.3) is 5.78 Å². The second-order valence-electron chi connectivity index (χ2n) is 10.2. The van der Waals surface area contributed by atoms with Gasteiger partial charge >= 0.3 is 5.91 Å². The monoisotopic (exact) mass is 663 g/mol. The number of carbonyl (C=O) groups is 2. The van der Waals surface area contributed by atoms with Gasteiger partial charge in [-0.05, 0) is 73.9 Å². The third kappa shape index (κ3) is 7.18. The van der Waals surface area contributed by atoms with Crippen molar-refractivity contribution in [2.45, 2.75) is 49.7 Å². The lowest BCUT2D eigenvalue weighted by atomic mass is 9.95. The van der Waals surface area contributed by atoms with Crippen LogP contribution in [-0.4, -0.2) is 46.8 Å². The molecule has 1 saturated heterocycles. The summed E-state index contributed by atoms with van der Waals surface area (Å²) in [6.07, 6.45) is 1.83. The molecule has 0 spiro atoms. The zero-order chi connectivity index (χ0) is 32.6. The summed E-state index contributed by atoms with van der Waals surface area (Å²) in [5.74, 6) is -0.510. The van der Waals surface area contributed by atoms with Crippen molar-refractivity contribution in [3.63, 3.8) is 0 Å². The van der Waals surface area contributed by atoms with Crippen LogP contribution in [0.1, 0.15) is 56.3 Å². The topological polar surface area (TPSA) is 111 Å². The molecule has 2 heterocycles. The van der Waals surface area contributed by atoms with Crippen LogP contribution in [0.4, 0.5) is 9.52 Å². The number of benzene rings is 3. The van der Waals surface area contributed by atoms with Crippen LogP contribution in [0.3, 0.4) is 0 Å². The Kier molecular flexibility index (Phi) is 10.9. The van der Waals surface area contributed by atoms with E-state index in [1.807, 2.05) is 13.8 Å². The van der Waals surface area contributed by atoms with Gasteiger partial charge in [-0.2, -0.15) is 0 Å². The van der Waals surface area contributed by atoms with Crippen molar-refractivity contribution in [2.75, 3.05) is 24.7 Å². The SMILES string of the molecule is CCCCOc1ccc(C2C(=C(O)c3ccc(OCC)cc3)C(=O)C(=O)N2c2nnc(SCc3ccccc3F)s2)cc1OCC. The number of hydrogen-bond donors (Lipinski definition) is 1. The molecule has 240 valence electrons. The average Bonchev–Trinajstić information content (AvgIpc) is 3.63. The number of unbranched alkanes of at least 4 members (excludes halogenated alkanes) is 1. The van der Waals surface area contributed by atoms with Gasteiger partial charge < -0.3 is 19.3 Å². The van der Waals surface area contributed by atoms with Gasteiger partial charge in [0, 0.05) is 11.3 Å². The highest BCUT2D eigenvalue weighted by atomic mass is 32.2. The van der Waals surface area contributed by atoms with E-state index in [-0.39, 0.29) is 22.3 Å². The van der Waals surface area contributed by atoms with E-state index in [9.17, 15) is 19.1 Å². The Morgan fingerprint density at radius 2 is 1.72 bits per heavy atom. The van der Waals surface area contributed by atoms with Crippen LogP contribution in [-0.2, 0) is 15.3 Å². The summed E-state index contributed by atoms with van der Waals surface area (Å²) in [6.45, 7) is 7.12. The first-order valence-corrected chi connectivity index (χ1v) is 16.8. The molecule has 0 saturated carbocycles. The number of nitrogens with zero attached hydrogens (tertiary/aromatic N) is 3. The number of Topliss-reactive ketones (excluding diaryl/α,β-unsaturated/α-hetero) is 1. The lowest BCUT2D eigenvalue weighted by Crippen LogP contribution is -2.29. The molecule has 1 aliphatic rings. The van der Waals surface area contributed by atoms with Gasteiger partial charge in [0.2, 0.25) is 5.13 Å². The first kappa shape index (κ1) is 33.0. The van der Waals surface area contributed by atoms with Gasteiger partial charge in [-0.3, -0.25) is 14.5 Å². The van der Waals surface area contributed by atoms with Crippen molar-refractivity contribution in [1.82, 2.24) is 10.2 Å². The molecule has 1 N–H and O–H groups in total. The van der Waals surface area contributed by atoms with Crippen LogP contribution in [0, 0.1) is 5.82 Å². The molecule has 1 amide bonds. The number of hydrogen-bond acceptors (Lipinski definition) is 10. The molecule has 9 nitrogen and oxygen atoms in total. The number of anilines is 1. The molecule has 0 aliphatic carbocycles. The predicted octanol–water partition coefficient (Wildman–Crippen LogP) is 7.57. The fourth-order valence-corrected chi connectivity index (χ4v) is 6.75. The Morgan fingerprint density at radius 1 is 0.957 bits per heavy atom. The third-order valence-electron chi connectivity index (χ3n) is 7.13. The summed E-state index contributed by atoms with van der Waals surface area (Å²) < 4.78 is 32.1. The van der Waals surface area contributed by atoms with Crippen molar-refractivity contribution in [1.29, 1.82) is 0 Å². The highest BCUT2D eigenvalue weighted by molar-refractivity contribution is 8.00. The zero-order valence-corrected chi connectivity index (χ0v) is 27.3. The summed E-state index contributed by atoms with van der Waals surface area (Å²) >= 11 is 2.37. The summed E-state index contributed by atoms with van der Waals surface area (Å²) in [4.78, 5) is 28.6. The first-order chi connectivity index (χ1) is 22.4. The number of ether oxygens (including phenoxy) is 3. The number of amides is 1. The van der Waals surface area contributed by atoms with E-state index in [4.69, 9.17) is 14.2 Å². The van der Waals surface area contributed by atoms with Crippen molar-refractivity contribution in [3.8, 4) is 17.2 Å².